The minimum Gasteiger partial charge on any atom is -0.323 e. The number of nitrogens with one attached hydrogen (secondary N) is 1. The smallest absolute Gasteiger partial charge is 0.248 e. The van der Waals surface area contributed by atoms with E-state index >= 15 is 0 Å². The maximum Gasteiger partial charge on any atom is 0.248 e. The SMILES string of the molecule is CC(C)(C)c1ccc(C=CC(=O)Nc2ccc(F)cc2)cc1. The molecule has 0 saturated heterocycles. The molecule has 2 aromatic rings. The van der Waals surface area contributed by atoms with Gasteiger partial charge in [0.2, 0.25) is 5.91 Å². The Balaban J connectivity index is 1.99. The Morgan fingerprint density at radius 2 is 1.59 bits per heavy atom. The van der Waals surface area contributed by atoms with Crippen molar-refractivity contribution in [3.05, 3.63) is 71.6 Å². The summed E-state index contributed by atoms with van der Waals surface area (Å²) < 4.78 is 12.8. The lowest BCUT2D eigenvalue weighted by Gasteiger charge is -2.18. The number of rotatable bonds is 3. The van der Waals surface area contributed by atoms with Gasteiger partial charge in [0.05, 0.1) is 0 Å². The third-order valence-electron chi connectivity index (χ3n) is 3.32. The molecule has 0 bridgehead atoms. The summed E-state index contributed by atoms with van der Waals surface area (Å²) in [6.07, 6.45) is 3.22. The highest BCUT2D eigenvalue weighted by Crippen LogP contribution is 2.22. The second-order valence-electron chi connectivity index (χ2n) is 6.20. The third-order valence-corrected chi connectivity index (χ3v) is 3.32. The molecule has 1 amide bonds. The summed E-state index contributed by atoms with van der Waals surface area (Å²) in [5.41, 5.74) is 2.89. The molecule has 0 spiro atoms. The van der Waals surface area contributed by atoms with E-state index in [9.17, 15) is 9.18 Å². The summed E-state index contributed by atoms with van der Waals surface area (Å²) in [7, 11) is 0. The maximum absolute atomic E-state index is 12.8. The molecule has 0 atom stereocenters. The second-order valence-corrected chi connectivity index (χ2v) is 6.20. The summed E-state index contributed by atoms with van der Waals surface area (Å²) in [5, 5.41) is 2.68. The molecule has 3 heteroatoms. The average Bonchev–Trinajstić information content (AvgIpc) is 2.47. The standard InChI is InChI=1S/C19H20FNO/c1-19(2,3)15-7-4-14(5-8-15)6-13-18(22)21-17-11-9-16(20)10-12-17/h4-13H,1-3H3,(H,21,22). The molecular weight excluding hydrogens is 277 g/mol. The van der Waals surface area contributed by atoms with Crippen LogP contribution in [0.15, 0.2) is 54.6 Å². The van der Waals surface area contributed by atoms with E-state index in [2.05, 4.69) is 38.2 Å². The van der Waals surface area contributed by atoms with Crippen LogP contribution in [0.2, 0.25) is 0 Å². The maximum atomic E-state index is 12.8. The van der Waals surface area contributed by atoms with Crippen LogP contribution in [0, 0.1) is 5.82 Å². The predicted molar refractivity (Wildman–Crippen MR) is 89.2 cm³/mol. The van der Waals surface area contributed by atoms with Gasteiger partial charge in [-0.05, 0) is 46.9 Å². The Labute approximate surface area is 130 Å². The topological polar surface area (TPSA) is 29.1 Å². The first-order valence-corrected chi connectivity index (χ1v) is 7.20. The number of benzene rings is 2. The van der Waals surface area contributed by atoms with Gasteiger partial charge < -0.3 is 5.32 Å². The van der Waals surface area contributed by atoms with Gasteiger partial charge in [0.25, 0.3) is 0 Å². The van der Waals surface area contributed by atoms with Gasteiger partial charge in [0.1, 0.15) is 5.82 Å². The van der Waals surface area contributed by atoms with Crippen molar-refractivity contribution < 1.29 is 9.18 Å². The fourth-order valence-electron chi connectivity index (χ4n) is 1.98. The molecule has 0 aliphatic carbocycles. The Hall–Kier alpha value is -2.42. The molecule has 2 rings (SSSR count). The van der Waals surface area contributed by atoms with E-state index < -0.39 is 0 Å². The van der Waals surface area contributed by atoms with Crippen molar-refractivity contribution in [1.82, 2.24) is 0 Å². The van der Waals surface area contributed by atoms with Gasteiger partial charge in [0, 0.05) is 11.8 Å². The van der Waals surface area contributed by atoms with E-state index in [1.165, 1.54) is 35.9 Å². The summed E-state index contributed by atoms with van der Waals surface area (Å²) >= 11 is 0. The zero-order valence-electron chi connectivity index (χ0n) is 13.1. The number of carbonyl (C=O) groups is 1. The highest BCUT2D eigenvalue weighted by molar-refractivity contribution is 6.01. The van der Waals surface area contributed by atoms with Crippen molar-refractivity contribution in [1.29, 1.82) is 0 Å². The monoisotopic (exact) mass is 297 g/mol. The van der Waals surface area contributed by atoms with Gasteiger partial charge in [-0.15, -0.1) is 0 Å². The normalized spacial score (nSPS) is 11.6. The summed E-state index contributed by atoms with van der Waals surface area (Å²) in [6.45, 7) is 6.48. The molecule has 0 heterocycles. The minimum atomic E-state index is -0.326. The van der Waals surface area contributed by atoms with Crippen molar-refractivity contribution in [2.24, 2.45) is 0 Å². The van der Waals surface area contributed by atoms with Crippen molar-refractivity contribution in [3.63, 3.8) is 0 Å². The molecule has 0 aliphatic heterocycles. The van der Waals surface area contributed by atoms with Crippen LogP contribution >= 0.6 is 0 Å². The van der Waals surface area contributed by atoms with E-state index in [0.29, 0.717) is 5.69 Å². The van der Waals surface area contributed by atoms with Crippen LogP contribution in [0.4, 0.5) is 10.1 Å². The van der Waals surface area contributed by atoms with Crippen LogP contribution < -0.4 is 5.32 Å². The number of hydrogen-bond donors (Lipinski definition) is 1. The van der Waals surface area contributed by atoms with Gasteiger partial charge in [-0.2, -0.15) is 0 Å². The van der Waals surface area contributed by atoms with Gasteiger partial charge in [-0.1, -0.05) is 45.0 Å². The fraction of sp³-hybridized carbons (Fsp3) is 0.211. The third kappa shape index (κ3) is 4.55. The predicted octanol–water partition coefficient (Wildman–Crippen LogP) is 4.78. The van der Waals surface area contributed by atoms with E-state index in [1.807, 2.05) is 12.1 Å². The van der Waals surface area contributed by atoms with Gasteiger partial charge in [0.15, 0.2) is 0 Å². The summed E-state index contributed by atoms with van der Waals surface area (Å²) in [4.78, 5) is 11.8. The minimum absolute atomic E-state index is 0.113. The number of anilines is 1. The van der Waals surface area contributed by atoms with E-state index in [0.717, 1.165) is 5.56 Å². The lowest BCUT2D eigenvalue weighted by atomic mass is 9.87. The molecule has 114 valence electrons. The lowest BCUT2D eigenvalue weighted by molar-refractivity contribution is -0.111. The Kier molecular flexibility index (Phi) is 4.76. The molecule has 0 radical (unpaired) electrons. The molecule has 0 fully saturated rings. The first-order valence-electron chi connectivity index (χ1n) is 7.20. The van der Waals surface area contributed by atoms with Crippen molar-refractivity contribution in [2.75, 3.05) is 5.32 Å². The molecule has 2 aromatic carbocycles. The summed E-state index contributed by atoms with van der Waals surface area (Å²) in [6, 6.07) is 13.8. The first-order chi connectivity index (χ1) is 10.3. The second kappa shape index (κ2) is 6.56. The average molecular weight is 297 g/mol. The van der Waals surface area contributed by atoms with E-state index in [4.69, 9.17) is 0 Å². The van der Waals surface area contributed by atoms with E-state index in [1.54, 1.807) is 6.08 Å². The Morgan fingerprint density at radius 3 is 2.14 bits per heavy atom. The van der Waals surface area contributed by atoms with Gasteiger partial charge in [-0.3, -0.25) is 4.79 Å². The molecule has 1 N–H and O–H groups in total. The van der Waals surface area contributed by atoms with Crippen molar-refractivity contribution >= 4 is 17.7 Å². The highest BCUT2D eigenvalue weighted by Gasteiger charge is 2.12. The van der Waals surface area contributed by atoms with Crippen LogP contribution in [-0.2, 0) is 10.2 Å². The molecule has 0 saturated carbocycles. The fourth-order valence-corrected chi connectivity index (χ4v) is 1.98. The number of hydrogen-bond acceptors (Lipinski definition) is 1. The van der Waals surface area contributed by atoms with Crippen LogP contribution in [0.3, 0.4) is 0 Å². The lowest BCUT2D eigenvalue weighted by Crippen LogP contribution is -2.10. The Bertz CT molecular complexity index is 664. The zero-order chi connectivity index (χ0) is 16.2. The molecule has 22 heavy (non-hydrogen) atoms. The largest absolute Gasteiger partial charge is 0.323 e. The van der Waals surface area contributed by atoms with E-state index in [-0.39, 0.29) is 17.1 Å². The first kappa shape index (κ1) is 16.0. The molecular formula is C19H20FNO. The Morgan fingerprint density at radius 1 is 1.00 bits per heavy atom. The van der Waals surface area contributed by atoms with Gasteiger partial charge in [-0.25, -0.2) is 4.39 Å². The van der Waals surface area contributed by atoms with Crippen LogP contribution in [0.25, 0.3) is 6.08 Å². The van der Waals surface area contributed by atoms with Gasteiger partial charge >= 0.3 is 0 Å². The molecule has 0 unspecified atom stereocenters. The number of halogens is 1. The quantitative estimate of drug-likeness (QED) is 0.812. The zero-order valence-corrected chi connectivity index (χ0v) is 13.1. The van der Waals surface area contributed by atoms with Crippen molar-refractivity contribution in [2.45, 2.75) is 26.2 Å². The number of amides is 1. The summed E-state index contributed by atoms with van der Waals surface area (Å²) in [5.74, 6) is -0.570. The van der Waals surface area contributed by atoms with Crippen molar-refractivity contribution in [3.8, 4) is 0 Å². The van der Waals surface area contributed by atoms with Crippen LogP contribution in [0.1, 0.15) is 31.9 Å². The van der Waals surface area contributed by atoms with Crippen LogP contribution in [-0.4, -0.2) is 5.91 Å². The molecule has 0 aromatic heterocycles. The molecule has 2 nitrogen and oxygen atoms in total. The van der Waals surface area contributed by atoms with Crippen LogP contribution in [0.5, 0.6) is 0 Å². The number of carbonyl (C=O) groups excluding carboxylic acids is 1. The molecule has 0 aliphatic rings. The highest BCUT2D eigenvalue weighted by atomic mass is 19.1.